The first-order valence-electron chi connectivity index (χ1n) is 17.0. The number of carbonyl (C=O) groups excluding carboxylic acids is 2. The lowest BCUT2D eigenvalue weighted by molar-refractivity contribution is -0.129. The summed E-state index contributed by atoms with van der Waals surface area (Å²) in [5.41, 5.74) is 6.99. The SMILES string of the molecule is C=CC(=O)Oc1ccc2cc(C3(c4ccc5cc(OC(=O)C=C)ccc5c4)c4ccc5ccccc5c4C4c5ccccc5C=CC43)ccc2c1. The molecule has 0 amide bonds. The number of allylic oxidation sites excluding steroid dienone is 1. The van der Waals surface area contributed by atoms with Gasteiger partial charge < -0.3 is 9.47 Å². The first-order valence-corrected chi connectivity index (χ1v) is 17.0. The minimum absolute atomic E-state index is 0.0590. The Hall–Kier alpha value is -6.52. The molecular formula is C47H32O4. The summed E-state index contributed by atoms with van der Waals surface area (Å²) in [5, 5.41) is 6.53. The summed E-state index contributed by atoms with van der Waals surface area (Å²) >= 11 is 0. The van der Waals surface area contributed by atoms with Crippen LogP contribution < -0.4 is 9.47 Å². The maximum Gasteiger partial charge on any atom is 0.335 e. The smallest absolute Gasteiger partial charge is 0.335 e. The molecule has 0 aromatic heterocycles. The van der Waals surface area contributed by atoms with E-state index in [1.807, 2.05) is 36.4 Å². The zero-order valence-corrected chi connectivity index (χ0v) is 27.7. The lowest BCUT2D eigenvalue weighted by Crippen LogP contribution is -2.35. The van der Waals surface area contributed by atoms with E-state index >= 15 is 0 Å². The second kappa shape index (κ2) is 11.8. The fourth-order valence-corrected chi connectivity index (χ4v) is 8.58. The molecule has 7 aromatic carbocycles. The number of carbonyl (C=O) groups is 2. The van der Waals surface area contributed by atoms with Crippen molar-refractivity contribution in [2.75, 3.05) is 0 Å². The minimum atomic E-state index is -0.571. The van der Waals surface area contributed by atoms with Crippen molar-refractivity contribution < 1.29 is 19.1 Å². The Morgan fingerprint density at radius 1 is 0.588 bits per heavy atom. The maximum absolute atomic E-state index is 12.0. The average molecular weight is 661 g/mol. The van der Waals surface area contributed by atoms with Crippen molar-refractivity contribution in [3.05, 3.63) is 198 Å². The van der Waals surface area contributed by atoms with Gasteiger partial charge in [0.05, 0.1) is 5.41 Å². The van der Waals surface area contributed by atoms with E-state index < -0.39 is 17.4 Å². The van der Waals surface area contributed by atoms with Gasteiger partial charge in [0.2, 0.25) is 0 Å². The third-order valence-electron chi connectivity index (χ3n) is 10.7. The standard InChI is InChI=1S/C47H32O4/c1-3-43(48)50-37-21-15-31-25-35(19-13-33(31)27-37)47(36-20-14-34-28-38(51-44(49)4-2)22-16-32(34)26-36)41-23-17-29-9-5-7-11-39(29)45(41)46-40-12-8-6-10-30(40)18-24-42(46)47/h3-28,41,45H,1-2H2. The van der Waals surface area contributed by atoms with Gasteiger partial charge >= 0.3 is 11.9 Å². The highest BCUT2D eigenvalue weighted by molar-refractivity contribution is 5.94. The van der Waals surface area contributed by atoms with Gasteiger partial charge in [0, 0.05) is 24.0 Å². The lowest BCUT2D eigenvalue weighted by Gasteiger charge is -2.40. The largest absolute Gasteiger partial charge is 0.423 e. The molecule has 244 valence electrons. The number of esters is 2. The van der Waals surface area contributed by atoms with Crippen LogP contribution in [0.25, 0.3) is 38.4 Å². The van der Waals surface area contributed by atoms with E-state index in [1.165, 1.54) is 56.3 Å². The predicted molar refractivity (Wildman–Crippen MR) is 204 cm³/mol. The van der Waals surface area contributed by atoms with Crippen molar-refractivity contribution in [3.8, 4) is 11.5 Å². The van der Waals surface area contributed by atoms with Crippen LogP contribution >= 0.6 is 0 Å². The molecule has 2 unspecified atom stereocenters. The summed E-state index contributed by atoms with van der Waals surface area (Å²) in [6.45, 7) is 7.06. The van der Waals surface area contributed by atoms with Gasteiger partial charge in [0.15, 0.2) is 0 Å². The van der Waals surface area contributed by atoms with Crippen LogP contribution in [0.2, 0.25) is 0 Å². The molecule has 9 rings (SSSR count). The number of benzene rings is 7. The molecular weight excluding hydrogens is 629 g/mol. The second-order valence-electron chi connectivity index (χ2n) is 13.2. The van der Waals surface area contributed by atoms with Crippen LogP contribution in [0.15, 0.2) is 165 Å². The molecule has 2 atom stereocenters. The highest BCUT2D eigenvalue weighted by Crippen LogP contribution is 2.63. The first-order chi connectivity index (χ1) is 25.0. The van der Waals surface area contributed by atoms with Crippen LogP contribution in [0.5, 0.6) is 11.5 Å². The molecule has 0 spiro atoms. The first kappa shape index (κ1) is 30.5. The number of hydrogen-bond acceptors (Lipinski definition) is 4. The van der Waals surface area contributed by atoms with Crippen molar-refractivity contribution in [1.29, 1.82) is 0 Å². The summed E-state index contributed by atoms with van der Waals surface area (Å²) in [7, 11) is 0. The van der Waals surface area contributed by atoms with Gasteiger partial charge in [-0.1, -0.05) is 122 Å². The number of hydrogen-bond donors (Lipinski definition) is 0. The molecule has 0 radical (unpaired) electrons. The topological polar surface area (TPSA) is 52.6 Å². The van der Waals surface area contributed by atoms with E-state index in [2.05, 4.69) is 122 Å². The van der Waals surface area contributed by atoms with Crippen molar-refractivity contribution >= 4 is 50.3 Å². The monoisotopic (exact) mass is 660 g/mol. The minimum Gasteiger partial charge on any atom is -0.423 e. The van der Waals surface area contributed by atoms with Crippen molar-refractivity contribution in [1.82, 2.24) is 0 Å². The predicted octanol–water partition coefficient (Wildman–Crippen LogP) is 10.5. The van der Waals surface area contributed by atoms with E-state index in [0.717, 1.165) is 21.5 Å². The number of rotatable bonds is 6. The summed E-state index contributed by atoms with van der Waals surface area (Å²) < 4.78 is 10.9. The molecule has 2 aliphatic carbocycles. The molecule has 0 saturated carbocycles. The maximum atomic E-state index is 12.0. The molecule has 0 aliphatic heterocycles. The summed E-state index contributed by atoms with van der Waals surface area (Å²) in [6.07, 6.45) is 7.05. The van der Waals surface area contributed by atoms with E-state index in [4.69, 9.17) is 9.47 Å². The van der Waals surface area contributed by atoms with Crippen molar-refractivity contribution in [3.63, 3.8) is 0 Å². The normalized spacial score (nSPS) is 16.6. The summed E-state index contributed by atoms with van der Waals surface area (Å²) in [4.78, 5) is 24.0. The quantitative estimate of drug-likeness (QED) is 0.101. The Kier molecular flexibility index (Phi) is 7.08. The van der Waals surface area contributed by atoms with E-state index in [1.54, 1.807) is 0 Å². The molecule has 4 nitrogen and oxygen atoms in total. The van der Waals surface area contributed by atoms with Crippen LogP contribution in [0.4, 0.5) is 0 Å². The Balaban J connectivity index is 1.33. The summed E-state index contributed by atoms with van der Waals surface area (Å²) in [5.74, 6) is 0.151. The molecule has 0 heterocycles. The van der Waals surface area contributed by atoms with Crippen LogP contribution in [-0.4, -0.2) is 11.9 Å². The third-order valence-corrected chi connectivity index (χ3v) is 10.7. The van der Waals surface area contributed by atoms with Gasteiger partial charge in [-0.2, -0.15) is 0 Å². The van der Waals surface area contributed by atoms with Crippen molar-refractivity contribution in [2.45, 2.75) is 11.3 Å². The molecule has 2 aliphatic rings. The van der Waals surface area contributed by atoms with E-state index in [9.17, 15) is 9.59 Å². The second-order valence-corrected chi connectivity index (χ2v) is 13.2. The van der Waals surface area contributed by atoms with Crippen LogP contribution in [0, 0.1) is 5.92 Å². The molecule has 0 fully saturated rings. The Morgan fingerprint density at radius 3 is 1.78 bits per heavy atom. The Morgan fingerprint density at radius 2 is 1.14 bits per heavy atom. The van der Waals surface area contributed by atoms with Crippen molar-refractivity contribution in [2.24, 2.45) is 5.92 Å². The Bertz CT molecular complexity index is 2540. The molecule has 0 bridgehead atoms. The molecule has 0 saturated heterocycles. The third kappa shape index (κ3) is 4.75. The van der Waals surface area contributed by atoms with Gasteiger partial charge in [-0.25, -0.2) is 9.59 Å². The van der Waals surface area contributed by atoms with Gasteiger partial charge in [-0.15, -0.1) is 0 Å². The van der Waals surface area contributed by atoms with Gasteiger partial charge in [-0.3, -0.25) is 0 Å². The molecule has 7 aromatic rings. The molecule has 51 heavy (non-hydrogen) atoms. The van der Waals surface area contributed by atoms with Gasteiger partial charge in [-0.05, 0) is 102 Å². The molecule has 4 heteroatoms. The fraction of sp³-hybridized carbons (Fsp3) is 0.0638. The average Bonchev–Trinajstić information content (AvgIpc) is 3.49. The van der Waals surface area contributed by atoms with Crippen LogP contribution in [0.3, 0.4) is 0 Å². The fourth-order valence-electron chi connectivity index (χ4n) is 8.58. The zero-order chi connectivity index (χ0) is 34.7. The lowest BCUT2D eigenvalue weighted by atomic mass is 9.61. The number of ether oxygens (including phenoxy) is 2. The van der Waals surface area contributed by atoms with E-state index in [-0.39, 0.29) is 11.8 Å². The van der Waals surface area contributed by atoms with Crippen LogP contribution in [0.1, 0.15) is 39.3 Å². The Labute approximate surface area is 295 Å². The zero-order valence-electron chi connectivity index (χ0n) is 27.7. The highest BCUT2D eigenvalue weighted by atomic mass is 16.5. The van der Waals surface area contributed by atoms with Crippen LogP contribution in [-0.2, 0) is 15.0 Å². The summed E-state index contributed by atoms with van der Waals surface area (Å²) in [6, 6.07) is 46.9. The number of fused-ring (bicyclic) bond motifs is 9. The van der Waals surface area contributed by atoms with E-state index in [0.29, 0.717) is 11.5 Å². The molecule has 0 N–H and O–H groups in total. The van der Waals surface area contributed by atoms with Gasteiger partial charge in [0.1, 0.15) is 11.5 Å². The highest BCUT2D eigenvalue weighted by Gasteiger charge is 2.55. The van der Waals surface area contributed by atoms with Gasteiger partial charge in [0.25, 0.3) is 0 Å².